The van der Waals surface area contributed by atoms with Gasteiger partial charge in [0.05, 0.1) is 22.3 Å². The zero-order chi connectivity index (χ0) is 22.6. The van der Waals surface area contributed by atoms with Crippen LogP contribution < -0.4 is 11.0 Å². The molecule has 0 aliphatic rings. The van der Waals surface area contributed by atoms with Crippen LogP contribution >= 0.6 is 0 Å². The van der Waals surface area contributed by atoms with Crippen LogP contribution in [-0.4, -0.2) is 15.3 Å². The number of anilines is 1. The second-order valence-electron chi connectivity index (χ2n) is 7.73. The Hall–Kier alpha value is -4.51. The molecule has 5 aromatic rings. The van der Waals surface area contributed by atoms with Crippen LogP contribution in [0.1, 0.15) is 16.7 Å². The zero-order valence-electron chi connectivity index (χ0n) is 18.1. The maximum Gasteiger partial charge on any atom is 0.267 e. The maximum atomic E-state index is 13.5. The van der Waals surface area contributed by atoms with Crippen molar-refractivity contribution in [1.82, 2.24) is 9.55 Å². The lowest BCUT2D eigenvalue weighted by molar-refractivity contribution is 0.955. The van der Waals surface area contributed by atoms with Crippen LogP contribution in [0.5, 0.6) is 0 Å². The topological polar surface area (TPSA) is 59.3 Å². The van der Waals surface area contributed by atoms with Gasteiger partial charge in [0.2, 0.25) is 5.95 Å². The number of hydrogen-bond acceptors (Lipinski definition) is 4. The third kappa shape index (κ3) is 4.16. The van der Waals surface area contributed by atoms with Crippen molar-refractivity contribution in [3.8, 4) is 5.69 Å². The van der Waals surface area contributed by atoms with Crippen molar-refractivity contribution in [1.29, 1.82) is 0 Å². The van der Waals surface area contributed by atoms with Gasteiger partial charge in [0.25, 0.3) is 5.56 Å². The Labute approximate surface area is 191 Å². The molecule has 33 heavy (non-hydrogen) atoms. The Kier molecular flexibility index (Phi) is 5.52. The molecule has 5 rings (SSSR count). The Morgan fingerprint density at radius 3 is 1.97 bits per heavy atom. The normalized spacial score (nSPS) is 10.7. The van der Waals surface area contributed by atoms with Gasteiger partial charge in [-0.1, -0.05) is 90.5 Å². The van der Waals surface area contributed by atoms with E-state index >= 15 is 0 Å². The highest BCUT2D eigenvalue weighted by Gasteiger charge is 2.13. The summed E-state index contributed by atoms with van der Waals surface area (Å²) in [4.78, 5) is 18.2. The molecule has 4 aromatic carbocycles. The van der Waals surface area contributed by atoms with Gasteiger partial charge < -0.3 is 0 Å². The SMILES string of the molecule is Cc1ccc(-n2c(NN=C(c3ccccc3)c3ccccc3)nc3ccccc3c2=O)cc1. The molecule has 0 aliphatic heterocycles. The van der Waals surface area contributed by atoms with Gasteiger partial charge in [-0.25, -0.2) is 15.0 Å². The molecule has 1 N–H and O–H groups in total. The fraction of sp³-hybridized carbons (Fsp3) is 0.0357. The van der Waals surface area contributed by atoms with E-state index in [0.717, 1.165) is 28.1 Å². The van der Waals surface area contributed by atoms with Crippen molar-refractivity contribution in [2.24, 2.45) is 5.10 Å². The molecular weight excluding hydrogens is 408 g/mol. The first kappa shape index (κ1) is 20.4. The Balaban J connectivity index is 1.69. The first-order chi connectivity index (χ1) is 16.2. The molecule has 160 valence electrons. The Morgan fingerprint density at radius 1 is 0.758 bits per heavy atom. The van der Waals surface area contributed by atoms with Crippen LogP contribution in [0.25, 0.3) is 16.6 Å². The standard InChI is InChI=1S/C28H22N4O/c1-20-16-18-23(19-17-20)32-27(33)24-14-8-9-15-25(24)29-28(32)31-30-26(21-10-4-2-5-11-21)22-12-6-3-7-13-22/h2-19H,1H3,(H,29,31). The van der Waals surface area contributed by atoms with Gasteiger partial charge in [0, 0.05) is 11.1 Å². The predicted octanol–water partition coefficient (Wildman–Crippen LogP) is 5.56. The molecule has 5 heteroatoms. The minimum Gasteiger partial charge on any atom is -0.268 e. The molecule has 0 radical (unpaired) electrons. The number of nitrogens with one attached hydrogen (secondary N) is 1. The van der Waals surface area contributed by atoms with E-state index in [1.54, 1.807) is 10.6 Å². The lowest BCUT2D eigenvalue weighted by Gasteiger charge is -2.14. The van der Waals surface area contributed by atoms with E-state index in [1.807, 2.05) is 110 Å². The predicted molar refractivity (Wildman–Crippen MR) is 134 cm³/mol. The van der Waals surface area contributed by atoms with E-state index in [0.29, 0.717) is 16.9 Å². The number of rotatable bonds is 5. The number of fused-ring (bicyclic) bond motifs is 1. The van der Waals surface area contributed by atoms with Crippen LogP contribution in [0, 0.1) is 6.92 Å². The van der Waals surface area contributed by atoms with Crippen molar-refractivity contribution < 1.29 is 0 Å². The van der Waals surface area contributed by atoms with E-state index < -0.39 is 0 Å². The number of aromatic nitrogens is 2. The van der Waals surface area contributed by atoms with Crippen LogP contribution in [-0.2, 0) is 0 Å². The lowest BCUT2D eigenvalue weighted by Crippen LogP contribution is -2.23. The fourth-order valence-corrected chi connectivity index (χ4v) is 3.73. The second-order valence-corrected chi connectivity index (χ2v) is 7.73. The summed E-state index contributed by atoms with van der Waals surface area (Å²) in [6.07, 6.45) is 0. The summed E-state index contributed by atoms with van der Waals surface area (Å²) in [5.41, 5.74) is 8.08. The van der Waals surface area contributed by atoms with Gasteiger partial charge in [-0.05, 0) is 31.2 Å². The maximum absolute atomic E-state index is 13.5. The van der Waals surface area contributed by atoms with E-state index in [4.69, 9.17) is 10.1 Å². The molecule has 0 fully saturated rings. The number of hydrogen-bond donors (Lipinski definition) is 1. The van der Waals surface area contributed by atoms with Crippen LogP contribution in [0.15, 0.2) is 119 Å². The highest BCUT2D eigenvalue weighted by molar-refractivity contribution is 6.13. The highest BCUT2D eigenvalue weighted by Crippen LogP contribution is 2.18. The quantitative estimate of drug-likeness (QED) is 0.293. The van der Waals surface area contributed by atoms with Crippen LogP contribution in [0.3, 0.4) is 0 Å². The van der Waals surface area contributed by atoms with Gasteiger partial charge in [0.15, 0.2) is 0 Å². The number of hydrazone groups is 1. The lowest BCUT2D eigenvalue weighted by atomic mass is 10.0. The van der Waals surface area contributed by atoms with Crippen molar-refractivity contribution in [2.45, 2.75) is 6.92 Å². The molecule has 0 amide bonds. The van der Waals surface area contributed by atoms with E-state index in [-0.39, 0.29) is 5.56 Å². The number of para-hydroxylation sites is 1. The molecule has 0 spiro atoms. The van der Waals surface area contributed by atoms with Gasteiger partial charge in [0.1, 0.15) is 0 Å². The fourth-order valence-electron chi connectivity index (χ4n) is 3.73. The minimum absolute atomic E-state index is 0.150. The van der Waals surface area contributed by atoms with Crippen molar-refractivity contribution in [3.63, 3.8) is 0 Å². The van der Waals surface area contributed by atoms with Crippen molar-refractivity contribution in [2.75, 3.05) is 5.43 Å². The summed E-state index contributed by atoms with van der Waals surface area (Å²) >= 11 is 0. The minimum atomic E-state index is -0.150. The van der Waals surface area contributed by atoms with Gasteiger partial charge >= 0.3 is 0 Å². The summed E-state index contributed by atoms with van der Waals surface area (Å²) in [5.74, 6) is 0.354. The second kappa shape index (κ2) is 8.93. The number of benzene rings is 4. The smallest absolute Gasteiger partial charge is 0.267 e. The average molecular weight is 431 g/mol. The summed E-state index contributed by atoms with van der Waals surface area (Å²) in [6.45, 7) is 2.01. The zero-order valence-corrected chi connectivity index (χ0v) is 18.1. The first-order valence-corrected chi connectivity index (χ1v) is 10.7. The largest absolute Gasteiger partial charge is 0.268 e. The van der Waals surface area contributed by atoms with E-state index in [1.165, 1.54) is 0 Å². The average Bonchev–Trinajstić information content (AvgIpc) is 2.86. The molecule has 0 aliphatic carbocycles. The highest BCUT2D eigenvalue weighted by atomic mass is 16.1. The van der Waals surface area contributed by atoms with Gasteiger partial charge in [-0.15, -0.1) is 0 Å². The molecule has 5 nitrogen and oxygen atoms in total. The summed E-state index contributed by atoms with van der Waals surface area (Å²) < 4.78 is 1.57. The van der Waals surface area contributed by atoms with Crippen LogP contribution in [0.2, 0.25) is 0 Å². The summed E-state index contributed by atoms with van der Waals surface area (Å²) in [6, 6.07) is 35.0. The summed E-state index contributed by atoms with van der Waals surface area (Å²) in [5, 5.41) is 5.29. The Bertz CT molecular complexity index is 1450. The molecular formula is C28H22N4O. The molecule has 0 atom stereocenters. The van der Waals surface area contributed by atoms with Crippen molar-refractivity contribution in [3.05, 3.63) is 136 Å². The molecule has 0 saturated heterocycles. The number of aryl methyl sites for hydroxylation is 1. The molecule has 1 heterocycles. The van der Waals surface area contributed by atoms with E-state index in [9.17, 15) is 4.79 Å². The van der Waals surface area contributed by atoms with Crippen molar-refractivity contribution >= 4 is 22.6 Å². The summed E-state index contributed by atoms with van der Waals surface area (Å²) in [7, 11) is 0. The molecule has 0 bridgehead atoms. The van der Waals surface area contributed by atoms with Gasteiger partial charge in [-0.2, -0.15) is 5.10 Å². The molecule has 1 aromatic heterocycles. The third-order valence-corrected chi connectivity index (χ3v) is 5.43. The molecule has 0 unspecified atom stereocenters. The monoisotopic (exact) mass is 430 g/mol. The first-order valence-electron chi connectivity index (χ1n) is 10.7. The number of nitrogens with zero attached hydrogens (tertiary/aromatic N) is 3. The molecule has 0 saturated carbocycles. The van der Waals surface area contributed by atoms with Crippen LogP contribution in [0.4, 0.5) is 5.95 Å². The van der Waals surface area contributed by atoms with Gasteiger partial charge in [-0.3, -0.25) is 4.79 Å². The third-order valence-electron chi connectivity index (χ3n) is 5.43. The van der Waals surface area contributed by atoms with E-state index in [2.05, 4.69) is 5.43 Å². The Morgan fingerprint density at radius 2 is 1.33 bits per heavy atom.